The van der Waals surface area contributed by atoms with Crippen molar-refractivity contribution in [3.8, 4) is 0 Å². The molecule has 1 aromatic carbocycles. The number of nitrogens with zero attached hydrogens (tertiary/aromatic N) is 2. The van der Waals surface area contributed by atoms with Crippen LogP contribution in [0.4, 0.5) is 11.5 Å². The van der Waals surface area contributed by atoms with Crippen LogP contribution < -0.4 is 27.2 Å². The molecule has 1 amide bonds. The van der Waals surface area contributed by atoms with E-state index in [2.05, 4.69) is 10.3 Å². The van der Waals surface area contributed by atoms with Crippen LogP contribution in [0.2, 0.25) is 5.02 Å². The second-order valence-corrected chi connectivity index (χ2v) is 7.20. The van der Waals surface area contributed by atoms with E-state index in [1.807, 2.05) is 32.0 Å². The molecule has 0 radical (unpaired) electrons. The molecule has 0 saturated carbocycles. The maximum Gasteiger partial charge on any atom is 0.330 e. The average molecular weight is 422 g/mol. The standard InChI is InChI=1S/C20H28ClN5O3/c1-3-5-11-26-18(22)17(19(28)24-20(26)29)25(10-4-2)13-16(27)23-12-14-8-6-7-9-15(14)21/h6-9H,3-5,10-13,22H2,1-2H3,(H,23,27)(H,24,28,29). The number of H-pyrrole nitrogens is 1. The molecular weight excluding hydrogens is 394 g/mol. The summed E-state index contributed by atoms with van der Waals surface area (Å²) in [4.78, 5) is 41.0. The van der Waals surface area contributed by atoms with Gasteiger partial charge >= 0.3 is 5.69 Å². The van der Waals surface area contributed by atoms with E-state index in [-0.39, 0.29) is 30.5 Å². The number of aromatic nitrogens is 2. The molecule has 0 aliphatic rings. The molecule has 1 aromatic heterocycles. The fraction of sp³-hybridized carbons (Fsp3) is 0.450. The van der Waals surface area contributed by atoms with Crippen LogP contribution in [0.1, 0.15) is 38.7 Å². The fourth-order valence-corrected chi connectivity index (χ4v) is 3.23. The van der Waals surface area contributed by atoms with Crippen LogP contribution in [-0.2, 0) is 17.9 Å². The SMILES string of the molecule is CCCCn1c(N)c(N(CCC)CC(=O)NCc2ccccc2Cl)c(=O)[nH]c1=O. The van der Waals surface area contributed by atoms with Crippen LogP contribution in [0, 0.1) is 0 Å². The van der Waals surface area contributed by atoms with E-state index in [9.17, 15) is 14.4 Å². The molecule has 0 unspecified atom stereocenters. The number of aromatic amines is 1. The Morgan fingerprint density at radius 3 is 2.62 bits per heavy atom. The first-order valence-corrected chi connectivity index (χ1v) is 10.1. The van der Waals surface area contributed by atoms with Crippen LogP contribution in [0.25, 0.3) is 0 Å². The van der Waals surface area contributed by atoms with E-state index in [1.54, 1.807) is 11.0 Å². The average Bonchev–Trinajstić information content (AvgIpc) is 2.67. The van der Waals surface area contributed by atoms with Gasteiger partial charge in [0.25, 0.3) is 5.56 Å². The van der Waals surface area contributed by atoms with Gasteiger partial charge in [0.2, 0.25) is 5.91 Å². The Balaban J connectivity index is 2.22. The molecular formula is C20H28ClN5O3. The summed E-state index contributed by atoms with van der Waals surface area (Å²) >= 11 is 6.12. The van der Waals surface area contributed by atoms with Crippen LogP contribution in [0.3, 0.4) is 0 Å². The Kier molecular flexibility index (Phi) is 8.33. The summed E-state index contributed by atoms with van der Waals surface area (Å²) in [6.07, 6.45) is 2.33. The second kappa shape index (κ2) is 10.7. The molecule has 0 atom stereocenters. The monoisotopic (exact) mass is 421 g/mol. The number of halogens is 1. The fourth-order valence-electron chi connectivity index (χ4n) is 3.03. The third-order valence-electron chi connectivity index (χ3n) is 4.53. The normalized spacial score (nSPS) is 10.7. The summed E-state index contributed by atoms with van der Waals surface area (Å²) in [5.74, 6) is -0.192. The number of benzene rings is 1. The molecule has 2 aromatic rings. The number of anilines is 2. The molecule has 0 spiro atoms. The molecule has 0 aliphatic heterocycles. The molecule has 2 rings (SSSR count). The highest BCUT2D eigenvalue weighted by molar-refractivity contribution is 6.31. The second-order valence-electron chi connectivity index (χ2n) is 6.79. The molecule has 158 valence electrons. The Morgan fingerprint density at radius 1 is 1.24 bits per heavy atom. The third-order valence-corrected chi connectivity index (χ3v) is 4.90. The van der Waals surface area contributed by atoms with Gasteiger partial charge in [-0.2, -0.15) is 0 Å². The predicted molar refractivity (Wildman–Crippen MR) is 116 cm³/mol. The van der Waals surface area contributed by atoms with Gasteiger partial charge in [0.1, 0.15) is 11.5 Å². The number of carbonyl (C=O) groups is 1. The number of hydrogen-bond donors (Lipinski definition) is 3. The highest BCUT2D eigenvalue weighted by Gasteiger charge is 2.20. The molecule has 9 heteroatoms. The first-order valence-electron chi connectivity index (χ1n) is 9.76. The summed E-state index contributed by atoms with van der Waals surface area (Å²) in [7, 11) is 0. The van der Waals surface area contributed by atoms with Gasteiger partial charge in [-0.15, -0.1) is 0 Å². The number of unbranched alkanes of at least 4 members (excludes halogenated alkanes) is 1. The molecule has 0 bridgehead atoms. The first-order chi connectivity index (χ1) is 13.9. The Hall–Kier alpha value is -2.74. The van der Waals surface area contributed by atoms with Crippen molar-refractivity contribution >= 4 is 29.0 Å². The number of carbonyl (C=O) groups excluding carboxylic acids is 1. The zero-order chi connectivity index (χ0) is 21.4. The van der Waals surface area contributed by atoms with Crippen molar-refractivity contribution in [2.75, 3.05) is 23.7 Å². The molecule has 4 N–H and O–H groups in total. The first kappa shape index (κ1) is 22.5. The van der Waals surface area contributed by atoms with Crippen molar-refractivity contribution in [3.63, 3.8) is 0 Å². The maximum absolute atomic E-state index is 12.5. The number of nitrogens with one attached hydrogen (secondary N) is 2. The van der Waals surface area contributed by atoms with Gasteiger partial charge in [0.05, 0.1) is 6.54 Å². The van der Waals surface area contributed by atoms with Gasteiger partial charge in [-0.3, -0.25) is 19.1 Å². The van der Waals surface area contributed by atoms with E-state index < -0.39 is 11.2 Å². The largest absolute Gasteiger partial charge is 0.383 e. The van der Waals surface area contributed by atoms with Gasteiger partial charge in [0.15, 0.2) is 0 Å². The lowest BCUT2D eigenvalue weighted by molar-refractivity contribution is -0.119. The van der Waals surface area contributed by atoms with Crippen molar-refractivity contribution in [1.82, 2.24) is 14.9 Å². The molecule has 0 aliphatic carbocycles. The summed E-state index contributed by atoms with van der Waals surface area (Å²) in [6.45, 7) is 5.01. The zero-order valence-corrected chi connectivity index (χ0v) is 17.6. The molecule has 0 fully saturated rings. The lowest BCUT2D eigenvalue weighted by Gasteiger charge is -2.25. The van der Waals surface area contributed by atoms with Crippen LogP contribution >= 0.6 is 11.6 Å². The number of rotatable bonds is 10. The lowest BCUT2D eigenvalue weighted by Crippen LogP contribution is -2.43. The van der Waals surface area contributed by atoms with E-state index in [0.717, 1.165) is 18.4 Å². The number of hydrogen-bond acceptors (Lipinski definition) is 5. The van der Waals surface area contributed by atoms with Crippen LogP contribution in [0.5, 0.6) is 0 Å². The van der Waals surface area contributed by atoms with Gasteiger partial charge in [-0.25, -0.2) is 4.79 Å². The molecule has 29 heavy (non-hydrogen) atoms. The number of amides is 1. The predicted octanol–water partition coefficient (Wildman–Crippen LogP) is 2.11. The summed E-state index contributed by atoms with van der Waals surface area (Å²) in [5, 5.41) is 3.38. The summed E-state index contributed by atoms with van der Waals surface area (Å²) < 4.78 is 1.35. The van der Waals surface area contributed by atoms with Gasteiger partial charge < -0.3 is 16.0 Å². The molecule has 0 saturated heterocycles. The quantitative estimate of drug-likeness (QED) is 0.543. The minimum atomic E-state index is -0.590. The Labute approximate surface area is 174 Å². The Bertz CT molecular complexity index is 954. The van der Waals surface area contributed by atoms with E-state index in [1.165, 1.54) is 4.57 Å². The van der Waals surface area contributed by atoms with E-state index in [0.29, 0.717) is 24.5 Å². The number of nitrogens with two attached hydrogens (primary N) is 1. The highest BCUT2D eigenvalue weighted by Crippen LogP contribution is 2.18. The van der Waals surface area contributed by atoms with Gasteiger partial charge in [0, 0.05) is 24.7 Å². The summed E-state index contributed by atoms with van der Waals surface area (Å²) in [6, 6.07) is 7.25. The summed E-state index contributed by atoms with van der Waals surface area (Å²) in [5.41, 5.74) is 5.99. The van der Waals surface area contributed by atoms with Crippen molar-refractivity contribution in [3.05, 3.63) is 55.7 Å². The third kappa shape index (κ3) is 5.87. The van der Waals surface area contributed by atoms with Crippen molar-refractivity contribution in [2.24, 2.45) is 0 Å². The Morgan fingerprint density at radius 2 is 1.97 bits per heavy atom. The zero-order valence-electron chi connectivity index (χ0n) is 16.8. The molecule has 8 nitrogen and oxygen atoms in total. The minimum Gasteiger partial charge on any atom is -0.383 e. The van der Waals surface area contributed by atoms with Crippen LogP contribution in [0.15, 0.2) is 33.9 Å². The lowest BCUT2D eigenvalue weighted by atomic mass is 10.2. The van der Waals surface area contributed by atoms with Crippen molar-refractivity contribution in [2.45, 2.75) is 46.2 Å². The van der Waals surface area contributed by atoms with E-state index >= 15 is 0 Å². The van der Waals surface area contributed by atoms with Crippen molar-refractivity contribution < 1.29 is 4.79 Å². The highest BCUT2D eigenvalue weighted by atomic mass is 35.5. The van der Waals surface area contributed by atoms with Crippen molar-refractivity contribution in [1.29, 1.82) is 0 Å². The van der Waals surface area contributed by atoms with Gasteiger partial charge in [-0.05, 0) is 24.5 Å². The van der Waals surface area contributed by atoms with E-state index in [4.69, 9.17) is 17.3 Å². The van der Waals surface area contributed by atoms with Crippen LogP contribution in [-0.4, -0.2) is 28.5 Å². The smallest absolute Gasteiger partial charge is 0.330 e. The topological polar surface area (TPSA) is 113 Å². The van der Waals surface area contributed by atoms with Gasteiger partial charge in [-0.1, -0.05) is 50.1 Å². The molecule has 1 heterocycles. The minimum absolute atomic E-state index is 0.0580. The maximum atomic E-state index is 12.5. The number of nitrogen functional groups attached to an aromatic ring is 1.